The molecule has 2 aromatic heterocycles. The minimum Gasteiger partial charge on any atom is -0.348 e. The smallest absolute Gasteiger partial charge is 0.254 e. The lowest BCUT2D eigenvalue weighted by Gasteiger charge is -2.13. The lowest BCUT2D eigenvalue weighted by molar-refractivity contribution is 0.0950. The van der Waals surface area contributed by atoms with Gasteiger partial charge in [0.05, 0.1) is 15.4 Å². The van der Waals surface area contributed by atoms with Crippen LogP contribution >= 0.6 is 0 Å². The summed E-state index contributed by atoms with van der Waals surface area (Å²) in [6.07, 6.45) is 6.46. The molecule has 0 aliphatic rings. The Bertz CT molecular complexity index is 1370. The molecule has 1 N–H and O–H groups in total. The summed E-state index contributed by atoms with van der Waals surface area (Å²) >= 11 is 0. The summed E-state index contributed by atoms with van der Waals surface area (Å²) in [6, 6.07) is 10.3. The summed E-state index contributed by atoms with van der Waals surface area (Å²) < 4.78 is 28.0. The van der Waals surface area contributed by atoms with Crippen LogP contribution in [0.2, 0.25) is 0 Å². The number of fused-ring (bicyclic) bond motifs is 1. The lowest BCUT2D eigenvalue weighted by atomic mass is 10.1. The summed E-state index contributed by atoms with van der Waals surface area (Å²) in [5.41, 5.74) is 3.70. The highest BCUT2D eigenvalue weighted by Gasteiger charge is 2.22. The highest BCUT2D eigenvalue weighted by molar-refractivity contribution is 7.91. The van der Waals surface area contributed by atoms with Gasteiger partial charge >= 0.3 is 0 Å². The maximum absolute atomic E-state index is 13.1. The maximum atomic E-state index is 13.1. The van der Waals surface area contributed by atoms with Crippen molar-refractivity contribution in [3.63, 3.8) is 0 Å². The molecule has 2 heterocycles. The Hall–Kier alpha value is -3.52. The molecule has 2 aromatic carbocycles. The van der Waals surface area contributed by atoms with Gasteiger partial charge in [0.2, 0.25) is 15.6 Å². The number of carbonyl (C=O) groups excluding carboxylic acids is 1. The first kappa shape index (κ1) is 20.7. The number of nitrogens with one attached hydrogen (secondary N) is 1. The molecule has 0 radical (unpaired) electrons. The van der Waals surface area contributed by atoms with Gasteiger partial charge in [-0.1, -0.05) is 29.8 Å². The number of sulfone groups is 1. The van der Waals surface area contributed by atoms with E-state index in [1.165, 1.54) is 6.20 Å². The molecule has 0 unspecified atom stereocenters. The van der Waals surface area contributed by atoms with E-state index < -0.39 is 9.84 Å². The Morgan fingerprint density at radius 3 is 2.39 bits per heavy atom. The minimum absolute atomic E-state index is 0.229. The van der Waals surface area contributed by atoms with Crippen molar-refractivity contribution in [2.24, 2.45) is 0 Å². The number of nitrogens with zero attached hydrogens (tertiary/aromatic N) is 3. The van der Waals surface area contributed by atoms with Crippen molar-refractivity contribution in [2.45, 2.75) is 37.1 Å². The van der Waals surface area contributed by atoms with Gasteiger partial charge in [-0.3, -0.25) is 9.20 Å². The van der Waals surface area contributed by atoms with Crippen molar-refractivity contribution < 1.29 is 13.2 Å². The SMILES string of the molecule is Cc1cc(C)c(S(=O)(=O)c2ccc(CNC(=O)c3cnc4nccn4c3)cc2)c(C)c1. The van der Waals surface area contributed by atoms with Gasteiger partial charge in [-0.25, -0.2) is 18.4 Å². The average Bonchev–Trinajstić information content (AvgIpc) is 3.19. The molecule has 0 fully saturated rings. The first-order chi connectivity index (χ1) is 14.8. The zero-order valence-electron chi connectivity index (χ0n) is 17.5. The van der Waals surface area contributed by atoms with Gasteiger partial charge in [-0.2, -0.15) is 0 Å². The second kappa shape index (κ2) is 7.96. The Balaban J connectivity index is 1.50. The van der Waals surface area contributed by atoms with Gasteiger partial charge in [0, 0.05) is 31.3 Å². The van der Waals surface area contributed by atoms with Crippen LogP contribution in [0.3, 0.4) is 0 Å². The highest BCUT2D eigenvalue weighted by Crippen LogP contribution is 2.28. The molecule has 158 valence electrons. The fourth-order valence-corrected chi connectivity index (χ4v) is 5.41. The van der Waals surface area contributed by atoms with Crippen molar-refractivity contribution in [1.82, 2.24) is 19.7 Å². The van der Waals surface area contributed by atoms with Crippen molar-refractivity contribution in [1.29, 1.82) is 0 Å². The molecule has 0 saturated heterocycles. The van der Waals surface area contributed by atoms with Gasteiger partial charge in [0.25, 0.3) is 5.91 Å². The van der Waals surface area contributed by atoms with Crippen LogP contribution in [0.25, 0.3) is 5.78 Å². The van der Waals surface area contributed by atoms with Gasteiger partial charge < -0.3 is 5.32 Å². The minimum atomic E-state index is -3.63. The largest absolute Gasteiger partial charge is 0.348 e. The van der Waals surface area contributed by atoms with Gasteiger partial charge in [0.15, 0.2) is 0 Å². The van der Waals surface area contributed by atoms with Crippen LogP contribution in [0.5, 0.6) is 0 Å². The Morgan fingerprint density at radius 2 is 1.71 bits per heavy atom. The normalized spacial score (nSPS) is 11.6. The molecular weight excluding hydrogens is 412 g/mol. The molecule has 4 rings (SSSR count). The number of rotatable bonds is 5. The molecule has 1 amide bonds. The quantitative estimate of drug-likeness (QED) is 0.520. The molecule has 31 heavy (non-hydrogen) atoms. The number of carbonyl (C=O) groups is 1. The zero-order valence-corrected chi connectivity index (χ0v) is 18.3. The molecule has 0 saturated carbocycles. The van der Waals surface area contributed by atoms with Crippen LogP contribution in [0, 0.1) is 20.8 Å². The third-order valence-electron chi connectivity index (χ3n) is 5.07. The molecule has 8 heteroatoms. The molecular formula is C23H22N4O3S. The number of aromatic nitrogens is 3. The highest BCUT2D eigenvalue weighted by atomic mass is 32.2. The van der Waals surface area contributed by atoms with E-state index in [1.807, 2.05) is 32.9 Å². The van der Waals surface area contributed by atoms with Gasteiger partial charge in [0.1, 0.15) is 0 Å². The molecule has 0 aliphatic carbocycles. The van der Waals surface area contributed by atoms with E-state index >= 15 is 0 Å². The number of aryl methyl sites for hydroxylation is 3. The predicted octanol–water partition coefficient (Wildman–Crippen LogP) is 3.42. The first-order valence-corrected chi connectivity index (χ1v) is 11.2. The third kappa shape index (κ3) is 4.06. The van der Waals surface area contributed by atoms with E-state index in [0.29, 0.717) is 16.2 Å². The molecule has 0 aliphatic heterocycles. The average molecular weight is 435 g/mol. The zero-order chi connectivity index (χ0) is 22.2. The van der Waals surface area contributed by atoms with Crippen LogP contribution in [0.15, 0.2) is 71.0 Å². The van der Waals surface area contributed by atoms with Crippen molar-refractivity contribution in [3.8, 4) is 0 Å². The van der Waals surface area contributed by atoms with E-state index in [1.54, 1.807) is 47.3 Å². The summed E-state index contributed by atoms with van der Waals surface area (Å²) in [6.45, 7) is 5.84. The Morgan fingerprint density at radius 1 is 1.03 bits per heavy atom. The van der Waals surface area contributed by atoms with E-state index in [4.69, 9.17) is 0 Å². The van der Waals surface area contributed by atoms with E-state index in [2.05, 4.69) is 15.3 Å². The van der Waals surface area contributed by atoms with Crippen LogP contribution in [0.1, 0.15) is 32.6 Å². The summed E-state index contributed by atoms with van der Waals surface area (Å²) in [5.74, 6) is 0.248. The van der Waals surface area contributed by atoms with Crippen LogP contribution in [-0.2, 0) is 16.4 Å². The van der Waals surface area contributed by atoms with Gasteiger partial charge in [-0.15, -0.1) is 0 Å². The second-order valence-electron chi connectivity index (χ2n) is 7.54. The number of amides is 1. The molecule has 7 nitrogen and oxygen atoms in total. The maximum Gasteiger partial charge on any atom is 0.254 e. The fraction of sp³-hybridized carbons (Fsp3) is 0.174. The molecule has 0 bridgehead atoms. The lowest BCUT2D eigenvalue weighted by Crippen LogP contribution is -2.23. The third-order valence-corrected chi connectivity index (χ3v) is 7.14. The van der Waals surface area contributed by atoms with E-state index in [9.17, 15) is 13.2 Å². The number of imidazole rings is 1. The van der Waals surface area contributed by atoms with E-state index in [-0.39, 0.29) is 17.3 Å². The van der Waals surface area contributed by atoms with Gasteiger partial charge in [-0.05, 0) is 49.6 Å². The van der Waals surface area contributed by atoms with Crippen molar-refractivity contribution in [3.05, 3.63) is 89.0 Å². The summed E-state index contributed by atoms with van der Waals surface area (Å²) in [7, 11) is -3.63. The number of hydrogen-bond acceptors (Lipinski definition) is 5. The predicted molar refractivity (Wildman–Crippen MR) is 117 cm³/mol. The number of benzene rings is 2. The van der Waals surface area contributed by atoms with Crippen LogP contribution < -0.4 is 5.32 Å². The summed E-state index contributed by atoms with van der Waals surface area (Å²) in [4.78, 5) is 21.2. The van der Waals surface area contributed by atoms with Crippen molar-refractivity contribution >= 4 is 21.5 Å². The Kier molecular flexibility index (Phi) is 5.32. The standard InChI is InChI=1S/C23H22N4O3S/c1-15-10-16(2)21(17(3)11-15)31(29,30)20-6-4-18(5-7-20)12-25-22(28)19-13-26-23-24-8-9-27(23)14-19/h4-11,13-14H,12H2,1-3H3,(H,25,28). The monoisotopic (exact) mass is 434 g/mol. The second-order valence-corrected chi connectivity index (χ2v) is 9.42. The molecule has 0 spiro atoms. The summed E-state index contributed by atoms with van der Waals surface area (Å²) in [5, 5.41) is 2.82. The first-order valence-electron chi connectivity index (χ1n) is 9.74. The molecule has 4 aromatic rings. The fourth-order valence-electron chi connectivity index (χ4n) is 3.71. The topological polar surface area (TPSA) is 93.4 Å². The van der Waals surface area contributed by atoms with E-state index in [0.717, 1.165) is 22.3 Å². The van der Waals surface area contributed by atoms with Crippen molar-refractivity contribution in [2.75, 3.05) is 0 Å². The molecule has 0 atom stereocenters. The van der Waals surface area contributed by atoms with Crippen LogP contribution in [-0.4, -0.2) is 28.7 Å². The van der Waals surface area contributed by atoms with Crippen LogP contribution in [0.4, 0.5) is 0 Å². The number of hydrogen-bond donors (Lipinski definition) is 1. The Labute approximate surface area is 180 Å².